The van der Waals surface area contributed by atoms with Gasteiger partial charge in [0.15, 0.2) is 0 Å². The number of hydrogen-bond donors (Lipinski definition) is 2. The first-order valence-corrected chi connectivity index (χ1v) is 8.41. The molecule has 1 saturated heterocycles. The number of benzene rings is 2. The molecule has 1 heterocycles. The van der Waals surface area contributed by atoms with E-state index in [9.17, 15) is 18.3 Å². The molecule has 0 bridgehead atoms. The van der Waals surface area contributed by atoms with Crippen LogP contribution in [0.25, 0.3) is 0 Å². The highest BCUT2D eigenvalue weighted by atomic mass is 32.2. The number of nitrogens with one attached hydrogen (secondary N) is 1. The van der Waals surface area contributed by atoms with Crippen LogP contribution >= 0.6 is 0 Å². The average Bonchev–Trinajstić information content (AvgIpc) is 2.72. The molecule has 23 heavy (non-hydrogen) atoms. The minimum Gasteiger partial charge on any atom is -0.506 e. The van der Waals surface area contributed by atoms with Gasteiger partial charge in [-0.2, -0.15) is 8.42 Å². The molecule has 1 amide bonds. The van der Waals surface area contributed by atoms with Crippen LogP contribution < -0.4 is 9.03 Å². The fraction of sp³-hybridized carbons (Fsp3) is 0.188. The van der Waals surface area contributed by atoms with Crippen molar-refractivity contribution in [2.75, 3.05) is 10.8 Å². The Morgan fingerprint density at radius 3 is 2.70 bits per heavy atom. The Morgan fingerprint density at radius 2 is 2.09 bits per heavy atom. The van der Waals surface area contributed by atoms with Crippen LogP contribution in [0.1, 0.15) is 16.7 Å². The van der Waals surface area contributed by atoms with Crippen molar-refractivity contribution in [2.24, 2.45) is 0 Å². The summed E-state index contributed by atoms with van der Waals surface area (Å²) in [7, 11) is -3.92. The third kappa shape index (κ3) is 3.14. The number of hydrogen-bond acceptors (Lipinski definition) is 4. The second-order valence-corrected chi connectivity index (χ2v) is 7.02. The van der Waals surface area contributed by atoms with Crippen molar-refractivity contribution in [1.29, 1.82) is 0 Å². The Bertz CT molecular complexity index is 877. The van der Waals surface area contributed by atoms with Crippen LogP contribution in [0.3, 0.4) is 0 Å². The molecule has 6 nitrogen and oxygen atoms in total. The summed E-state index contributed by atoms with van der Waals surface area (Å²) in [6, 6.07) is 13.6. The minimum absolute atomic E-state index is 0.0836. The predicted molar refractivity (Wildman–Crippen MR) is 85.3 cm³/mol. The maximum absolute atomic E-state index is 11.8. The van der Waals surface area contributed by atoms with Gasteiger partial charge in [-0.15, -0.1) is 0 Å². The van der Waals surface area contributed by atoms with Gasteiger partial charge in [0.2, 0.25) is 0 Å². The van der Waals surface area contributed by atoms with Gasteiger partial charge < -0.3 is 5.11 Å². The van der Waals surface area contributed by atoms with Gasteiger partial charge >= 0.3 is 10.2 Å². The summed E-state index contributed by atoms with van der Waals surface area (Å²) in [4.78, 5) is 11.3. The Labute approximate surface area is 134 Å². The second kappa shape index (κ2) is 5.58. The van der Waals surface area contributed by atoms with E-state index >= 15 is 0 Å². The quantitative estimate of drug-likeness (QED) is 0.887. The van der Waals surface area contributed by atoms with Gasteiger partial charge in [-0.25, -0.2) is 9.03 Å². The summed E-state index contributed by atoms with van der Waals surface area (Å²) in [5.41, 5.74) is 3.00. The zero-order chi connectivity index (χ0) is 16.6. The normalized spacial score (nSPS) is 16.4. The van der Waals surface area contributed by atoms with Crippen molar-refractivity contribution in [2.45, 2.75) is 13.3 Å². The predicted octanol–water partition coefficient (Wildman–Crippen LogP) is 1.27. The number of aromatic hydroxyl groups is 1. The van der Waals surface area contributed by atoms with Crippen LogP contribution in [0.5, 0.6) is 5.75 Å². The van der Waals surface area contributed by atoms with Crippen molar-refractivity contribution < 1.29 is 18.3 Å². The van der Waals surface area contributed by atoms with Gasteiger partial charge in [-0.1, -0.05) is 29.8 Å². The lowest BCUT2D eigenvalue weighted by atomic mass is 10.0. The van der Waals surface area contributed by atoms with Crippen LogP contribution in [0.4, 0.5) is 5.69 Å². The number of aryl methyl sites for hydroxylation is 1. The fourth-order valence-electron chi connectivity index (χ4n) is 2.52. The molecule has 2 aromatic carbocycles. The van der Waals surface area contributed by atoms with Crippen LogP contribution in [-0.2, 0) is 21.4 Å². The fourth-order valence-corrected chi connectivity index (χ4v) is 3.68. The third-order valence-electron chi connectivity index (χ3n) is 3.54. The van der Waals surface area contributed by atoms with E-state index in [1.807, 2.05) is 29.8 Å². The molecule has 0 aromatic heterocycles. The van der Waals surface area contributed by atoms with E-state index in [-0.39, 0.29) is 18.0 Å². The molecule has 1 aliphatic rings. The molecule has 0 aliphatic carbocycles. The Kier molecular flexibility index (Phi) is 3.73. The molecule has 3 rings (SSSR count). The first-order valence-electron chi connectivity index (χ1n) is 6.97. The van der Waals surface area contributed by atoms with E-state index in [1.165, 1.54) is 12.1 Å². The number of rotatable bonds is 3. The number of phenols is 1. The number of amides is 1. The topological polar surface area (TPSA) is 86.7 Å². The lowest BCUT2D eigenvalue weighted by Crippen LogP contribution is -2.29. The Morgan fingerprint density at radius 1 is 1.30 bits per heavy atom. The summed E-state index contributed by atoms with van der Waals surface area (Å²) in [5, 5.41) is 10.1. The van der Waals surface area contributed by atoms with Gasteiger partial charge in [0.05, 0.1) is 5.69 Å². The van der Waals surface area contributed by atoms with Crippen molar-refractivity contribution >= 4 is 21.8 Å². The monoisotopic (exact) mass is 331 g/mol. The molecular formula is C16H15N2O4S. The van der Waals surface area contributed by atoms with E-state index < -0.39 is 16.1 Å². The van der Waals surface area contributed by atoms with Gasteiger partial charge in [-0.05, 0) is 42.7 Å². The van der Waals surface area contributed by atoms with E-state index in [2.05, 4.69) is 6.07 Å². The molecule has 0 spiro atoms. The Hall–Kier alpha value is -2.54. The molecule has 1 aliphatic heterocycles. The summed E-state index contributed by atoms with van der Waals surface area (Å²) in [6.45, 7) is 1.65. The van der Waals surface area contributed by atoms with Gasteiger partial charge in [-0.3, -0.25) is 4.79 Å². The van der Waals surface area contributed by atoms with Crippen LogP contribution in [0, 0.1) is 13.0 Å². The van der Waals surface area contributed by atoms with E-state index in [4.69, 9.17) is 0 Å². The summed E-state index contributed by atoms with van der Waals surface area (Å²) >= 11 is 0. The molecule has 1 fully saturated rings. The molecule has 2 aromatic rings. The summed E-state index contributed by atoms with van der Waals surface area (Å²) in [5.74, 6) is -0.807. The number of carbonyl (C=O) groups excluding carboxylic acids is 1. The van der Waals surface area contributed by atoms with Crippen molar-refractivity contribution in [3.8, 4) is 5.75 Å². The maximum atomic E-state index is 11.8. The first-order chi connectivity index (χ1) is 10.8. The highest BCUT2D eigenvalue weighted by Gasteiger charge is 2.35. The lowest BCUT2D eigenvalue weighted by molar-refractivity contribution is -0.117. The molecule has 1 radical (unpaired) electrons. The average molecular weight is 331 g/mol. The number of phenolic OH excluding ortho intramolecular Hbond substituents is 1. The Balaban J connectivity index is 1.88. The molecular weight excluding hydrogens is 316 g/mol. The van der Waals surface area contributed by atoms with Crippen LogP contribution in [-0.4, -0.2) is 26.0 Å². The molecule has 2 N–H and O–H groups in total. The van der Waals surface area contributed by atoms with Crippen molar-refractivity contribution in [1.82, 2.24) is 4.72 Å². The highest BCUT2D eigenvalue weighted by molar-refractivity contribution is 7.92. The molecule has 7 heteroatoms. The second-order valence-electron chi connectivity index (χ2n) is 5.43. The van der Waals surface area contributed by atoms with Gasteiger partial charge in [0.25, 0.3) is 5.91 Å². The molecule has 0 saturated carbocycles. The zero-order valence-electron chi connectivity index (χ0n) is 12.4. The van der Waals surface area contributed by atoms with Crippen LogP contribution in [0.15, 0.2) is 36.4 Å². The molecule has 0 atom stereocenters. The van der Waals surface area contributed by atoms with Crippen LogP contribution in [0.2, 0.25) is 0 Å². The summed E-state index contributed by atoms with van der Waals surface area (Å²) in [6.07, 6.45) is 0.569. The standard InChI is InChI=1S/C16H15N2O4S/c1-11-3-2-4-12(7-11)8-13-5-6-14(15(19)9-13)18-10-16(20)17-23(18,21)22/h2-3,5-7,9,19H,8,10H2,1H3,(H,17,20). The zero-order valence-corrected chi connectivity index (χ0v) is 13.2. The maximum Gasteiger partial charge on any atom is 0.326 e. The van der Waals surface area contributed by atoms with Gasteiger partial charge in [0, 0.05) is 0 Å². The van der Waals surface area contributed by atoms with E-state index in [1.54, 1.807) is 6.07 Å². The van der Waals surface area contributed by atoms with Crippen molar-refractivity contribution in [3.05, 3.63) is 59.2 Å². The number of carbonyl (C=O) groups is 1. The lowest BCUT2D eigenvalue weighted by Gasteiger charge is -2.16. The number of nitrogens with zero attached hydrogens (tertiary/aromatic N) is 1. The van der Waals surface area contributed by atoms with E-state index in [0.29, 0.717) is 6.42 Å². The van der Waals surface area contributed by atoms with Gasteiger partial charge in [0.1, 0.15) is 12.3 Å². The minimum atomic E-state index is -3.92. The largest absolute Gasteiger partial charge is 0.506 e. The van der Waals surface area contributed by atoms with E-state index in [0.717, 1.165) is 21.0 Å². The number of anilines is 1. The molecule has 119 valence electrons. The third-order valence-corrected chi connectivity index (χ3v) is 4.93. The molecule has 0 unspecified atom stereocenters. The highest BCUT2D eigenvalue weighted by Crippen LogP contribution is 2.31. The summed E-state index contributed by atoms with van der Waals surface area (Å²) < 4.78 is 26.4. The first kappa shape index (κ1) is 15.4. The smallest absolute Gasteiger partial charge is 0.326 e. The van der Waals surface area contributed by atoms with Crippen molar-refractivity contribution in [3.63, 3.8) is 0 Å². The SMILES string of the molecule is Cc1cc[c]c(Cc2ccc(N3CC(=O)NS3(=O)=O)c(O)c2)c1.